The van der Waals surface area contributed by atoms with Gasteiger partial charge < -0.3 is 19.1 Å². The molecule has 0 heterocycles. The van der Waals surface area contributed by atoms with Gasteiger partial charge in [0, 0.05) is 33.4 Å². The third-order valence-corrected chi connectivity index (χ3v) is 7.30. The van der Waals surface area contributed by atoms with Crippen LogP contribution in [0.4, 0.5) is 0 Å². The van der Waals surface area contributed by atoms with Gasteiger partial charge in [-0.25, -0.2) is 0 Å². The van der Waals surface area contributed by atoms with Crippen LogP contribution in [0.1, 0.15) is 59.3 Å². The lowest BCUT2D eigenvalue weighted by atomic mass is 9.29. The quantitative estimate of drug-likeness (QED) is 0.526. The van der Waals surface area contributed by atoms with Crippen LogP contribution >= 0.6 is 0 Å². The van der Waals surface area contributed by atoms with E-state index in [4.69, 9.17) is 14.2 Å². The van der Waals surface area contributed by atoms with E-state index < -0.39 is 0 Å². The molecule has 5 nitrogen and oxygen atoms in total. The molecular weight excluding hydrogens is 330 g/mol. The molecule has 1 atom stereocenters. The molecule has 0 unspecified atom stereocenters. The number of carbonyl (C=O) groups excluding carboxylic acids is 1. The molecule has 0 aromatic rings. The summed E-state index contributed by atoms with van der Waals surface area (Å²) < 4.78 is 16.9. The van der Waals surface area contributed by atoms with E-state index in [9.17, 15) is 4.79 Å². The fourth-order valence-corrected chi connectivity index (χ4v) is 5.17. The fourth-order valence-electron chi connectivity index (χ4n) is 5.17. The number of unbranched alkanes of at least 4 members (excludes halogenated alkanes) is 1. The average molecular weight is 368 g/mol. The molecule has 0 aromatic carbocycles. The molecule has 4 aliphatic rings. The summed E-state index contributed by atoms with van der Waals surface area (Å²) in [5.41, 5.74) is 0.168. The molecule has 0 radical (unpaired) electrons. The number of amides is 1. The molecule has 0 aromatic heterocycles. The second-order valence-electron chi connectivity index (χ2n) is 9.17. The first-order chi connectivity index (χ1) is 12.3. The number of carbonyl (C=O) groups is 1. The minimum atomic E-state index is -0.0959. The van der Waals surface area contributed by atoms with Gasteiger partial charge in [0.25, 0.3) is 0 Å². The summed E-state index contributed by atoms with van der Waals surface area (Å²) in [4.78, 5) is 15.0. The van der Waals surface area contributed by atoms with E-state index in [1.165, 1.54) is 0 Å². The third kappa shape index (κ3) is 3.43. The normalized spacial score (nSPS) is 37.7. The maximum atomic E-state index is 13.0. The van der Waals surface area contributed by atoms with Crippen LogP contribution in [0, 0.1) is 16.7 Å². The average Bonchev–Trinajstić information content (AvgIpc) is 2.53. The van der Waals surface area contributed by atoms with E-state index in [-0.39, 0.29) is 10.8 Å². The summed E-state index contributed by atoms with van der Waals surface area (Å²) in [6.45, 7) is 8.81. The molecule has 26 heavy (non-hydrogen) atoms. The van der Waals surface area contributed by atoms with Crippen molar-refractivity contribution in [1.29, 1.82) is 0 Å². The summed E-state index contributed by atoms with van der Waals surface area (Å²) in [6.07, 6.45) is 6.75. The second-order valence-corrected chi connectivity index (χ2v) is 9.17. The Morgan fingerprint density at radius 2 is 1.85 bits per heavy atom. The Morgan fingerprint density at radius 3 is 2.42 bits per heavy atom. The number of methoxy groups -OCH3 is 1. The summed E-state index contributed by atoms with van der Waals surface area (Å²) in [5, 5.41) is 0. The highest BCUT2D eigenvalue weighted by molar-refractivity contribution is 5.87. The summed E-state index contributed by atoms with van der Waals surface area (Å²) in [6, 6.07) is 0.369. The molecule has 4 aliphatic carbocycles. The summed E-state index contributed by atoms with van der Waals surface area (Å²) in [5.74, 6) is 0.810. The minimum Gasteiger partial charge on any atom is -0.381 e. The number of ether oxygens (including phenoxy) is 3. The zero-order valence-electron chi connectivity index (χ0n) is 17.3. The lowest BCUT2D eigenvalue weighted by molar-refractivity contribution is -0.282. The highest BCUT2D eigenvalue weighted by Gasteiger charge is 2.77. The highest BCUT2D eigenvalue weighted by atomic mass is 16.5. The van der Waals surface area contributed by atoms with E-state index in [1.54, 1.807) is 7.11 Å². The van der Waals surface area contributed by atoms with Crippen molar-refractivity contribution in [3.8, 4) is 0 Å². The van der Waals surface area contributed by atoms with Gasteiger partial charge in [-0.3, -0.25) is 4.79 Å². The predicted octanol–water partition coefficient (Wildman–Crippen LogP) is 3.26. The summed E-state index contributed by atoms with van der Waals surface area (Å²) >= 11 is 0. The Balaban J connectivity index is 1.34. The van der Waals surface area contributed by atoms with Crippen molar-refractivity contribution >= 4 is 5.91 Å². The monoisotopic (exact) mass is 367 g/mol. The Hall–Kier alpha value is -0.650. The van der Waals surface area contributed by atoms with Gasteiger partial charge in [0.2, 0.25) is 5.91 Å². The Morgan fingerprint density at radius 1 is 1.19 bits per heavy atom. The van der Waals surface area contributed by atoms with Crippen LogP contribution in [0.15, 0.2) is 0 Å². The number of nitrogens with zero attached hydrogens (tertiary/aromatic N) is 1. The Kier molecular flexibility index (Phi) is 6.00. The van der Waals surface area contributed by atoms with E-state index in [1.807, 2.05) is 11.9 Å². The van der Waals surface area contributed by atoms with Crippen molar-refractivity contribution in [2.45, 2.75) is 77.5 Å². The zero-order chi connectivity index (χ0) is 18.9. The lowest BCUT2D eigenvalue weighted by Gasteiger charge is -2.75. The minimum absolute atomic E-state index is 0.0959. The maximum absolute atomic E-state index is 13.0. The van der Waals surface area contributed by atoms with Crippen molar-refractivity contribution in [2.24, 2.45) is 16.7 Å². The van der Waals surface area contributed by atoms with Crippen molar-refractivity contribution in [3.05, 3.63) is 0 Å². The van der Waals surface area contributed by atoms with Crippen molar-refractivity contribution in [1.82, 2.24) is 4.90 Å². The molecule has 0 spiro atoms. The number of hydrogen-bond donors (Lipinski definition) is 0. The molecule has 5 heteroatoms. The smallest absolute Gasteiger partial charge is 0.229 e. The van der Waals surface area contributed by atoms with Crippen molar-refractivity contribution in [3.63, 3.8) is 0 Å². The molecule has 0 N–H and O–H groups in total. The predicted molar refractivity (Wildman–Crippen MR) is 101 cm³/mol. The van der Waals surface area contributed by atoms with Crippen LogP contribution in [0.25, 0.3) is 0 Å². The van der Waals surface area contributed by atoms with Gasteiger partial charge in [0.15, 0.2) is 0 Å². The molecule has 2 bridgehead atoms. The number of hydrogen-bond acceptors (Lipinski definition) is 4. The molecule has 4 saturated carbocycles. The zero-order valence-corrected chi connectivity index (χ0v) is 17.3. The SMILES string of the molecule is COC1CC(N(C)C(=O)C23CC(COCCCCOC(C)C)(C2)[C@H]3C)C1. The lowest BCUT2D eigenvalue weighted by Crippen LogP contribution is -2.76. The van der Waals surface area contributed by atoms with Crippen LogP contribution in [-0.2, 0) is 19.0 Å². The van der Waals surface area contributed by atoms with Gasteiger partial charge in [0.1, 0.15) is 0 Å². The van der Waals surface area contributed by atoms with Crippen LogP contribution in [0.5, 0.6) is 0 Å². The van der Waals surface area contributed by atoms with E-state index >= 15 is 0 Å². The Labute approximate surface area is 158 Å². The topological polar surface area (TPSA) is 48.0 Å². The van der Waals surface area contributed by atoms with Gasteiger partial charge >= 0.3 is 0 Å². The number of rotatable bonds is 11. The summed E-state index contributed by atoms with van der Waals surface area (Å²) in [7, 11) is 3.74. The van der Waals surface area contributed by atoms with Crippen molar-refractivity contribution < 1.29 is 19.0 Å². The fraction of sp³-hybridized carbons (Fsp3) is 0.952. The maximum Gasteiger partial charge on any atom is 0.229 e. The first-order valence-electron chi connectivity index (χ1n) is 10.3. The van der Waals surface area contributed by atoms with Crippen LogP contribution in [-0.4, -0.2) is 63.0 Å². The van der Waals surface area contributed by atoms with Crippen LogP contribution in [0.3, 0.4) is 0 Å². The largest absolute Gasteiger partial charge is 0.381 e. The van der Waals surface area contributed by atoms with Crippen LogP contribution in [0.2, 0.25) is 0 Å². The molecule has 4 rings (SSSR count). The molecule has 0 saturated heterocycles. The first-order valence-corrected chi connectivity index (χ1v) is 10.3. The molecule has 1 amide bonds. The van der Waals surface area contributed by atoms with Gasteiger partial charge in [-0.2, -0.15) is 0 Å². The molecule has 150 valence electrons. The van der Waals surface area contributed by atoms with E-state index in [2.05, 4.69) is 20.8 Å². The highest BCUT2D eigenvalue weighted by Crippen LogP contribution is 2.77. The van der Waals surface area contributed by atoms with E-state index in [0.717, 1.165) is 58.3 Å². The first kappa shape index (κ1) is 20.1. The van der Waals surface area contributed by atoms with Gasteiger partial charge in [-0.15, -0.1) is 0 Å². The third-order valence-electron chi connectivity index (χ3n) is 7.30. The van der Waals surface area contributed by atoms with Gasteiger partial charge in [-0.1, -0.05) is 6.92 Å². The molecule has 0 aliphatic heterocycles. The van der Waals surface area contributed by atoms with Crippen LogP contribution < -0.4 is 0 Å². The van der Waals surface area contributed by atoms with E-state index in [0.29, 0.717) is 30.1 Å². The molecular formula is C21H37NO4. The molecule has 4 fully saturated rings. The van der Waals surface area contributed by atoms with Gasteiger partial charge in [-0.05, 0) is 63.7 Å². The Bertz CT molecular complexity index is 494. The second kappa shape index (κ2) is 7.76. The van der Waals surface area contributed by atoms with Gasteiger partial charge in [0.05, 0.1) is 24.2 Å². The van der Waals surface area contributed by atoms with Crippen molar-refractivity contribution in [2.75, 3.05) is 34.0 Å². The standard InChI is InChI=1S/C21H37NO4/c1-15(2)26-9-7-6-8-25-14-20-12-21(13-20,16(20)3)19(23)22(4)17-10-18(11-17)24-5/h15-18H,6-14H2,1-5H3/t16-,17?,18?,20?,21?/m1/s1.